The van der Waals surface area contributed by atoms with Crippen molar-refractivity contribution in [1.82, 2.24) is 0 Å². The van der Waals surface area contributed by atoms with Gasteiger partial charge < -0.3 is 15.2 Å². The lowest BCUT2D eigenvalue weighted by atomic mass is 9.64. The molecule has 1 aromatic carbocycles. The second-order valence-electron chi connectivity index (χ2n) is 5.14. The van der Waals surface area contributed by atoms with Gasteiger partial charge in [-0.25, -0.2) is 4.39 Å². The fourth-order valence-corrected chi connectivity index (χ4v) is 2.83. The summed E-state index contributed by atoms with van der Waals surface area (Å²) in [5.41, 5.74) is 6.91. The Morgan fingerprint density at radius 2 is 1.83 bits per heavy atom. The molecule has 1 fully saturated rings. The van der Waals surface area contributed by atoms with Gasteiger partial charge in [0.2, 0.25) is 0 Å². The van der Waals surface area contributed by atoms with Crippen molar-refractivity contribution in [3.63, 3.8) is 0 Å². The van der Waals surface area contributed by atoms with Crippen LogP contribution >= 0.6 is 0 Å². The molecule has 3 rings (SSSR count). The summed E-state index contributed by atoms with van der Waals surface area (Å²) in [7, 11) is 0. The number of halogens is 1. The minimum absolute atomic E-state index is 0.0362. The molecule has 1 heterocycles. The van der Waals surface area contributed by atoms with Gasteiger partial charge in [-0.05, 0) is 18.9 Å². The molecule has 1 aliphatic carbocycles. The molecular formula is C14H18FNO2. The molecule has 0 spiro atoms. The van der Waals surface area contributed by atoms with Crippen LogP contribution in [0.15, 0.2) is 12.1 Å². The van der Waals surface area contributed by atoms with Gasteiger partial charge in [0, 0.05) is 23.9 Å². The van der Waals surface area contributed by atoms with Gasteiger partial charge in [0.05, 0.1) is 13.2 Å². The van der Waals surface area contributed by atoms with E-state index >= 15 is 0 Å². The lowest BCUT2D eigenvalue weighted by molar-refractivity contribution is 0.235. The van der Waals surface area contributed by atoms with Crippen LogP contribution in [0.1, 0.15) is 31.2 Å². The summed E-state index contributed by atoms with van der Waals surface area (Å²) in [6.07, 6.45) is 4.04. The van der Waals surface area contributed by atoms with E-state index in [2.05, 4.69) is 0 Å². The lowest BCUT2D eigenvalue weighted by Gasteiger charge is -2.42. The first-order valence-electron chi connectivity index (χ1n) is 6.55. The van der Waals surface area contributed by atoms with Gasteiger partial charge in [0.1, 0.15) is 0 Å². The first-order chi connectivity index (χ1) is 8.77. The van der Waals surface area contributed by atoms with Crippen LogP contribution in [0.3, 0.4) is 0 Å². The van der Waals surface area contributed by atoms with E-state index in [1.807, 2.05) is 6.07 Å². The Morgan fingerprint density at radius 1 is 1.11 bits per heavy atom. The van der Waals surface area contributed by atoms with Crippen molar-refractivity contribution in [2.45, 2.75) is 31.1 Å². The van der Waals surface area contributed by atoms with Crippen LogP contribution in [0.5, 0.6) is 11.5 Å². The van der Waals surface area contributed by atoms with E-state index < -0.39 is 0 Å². The average Bonchev–Trinajstić information content (AvgIpc) is 2.57. The maximum atomic E-state index is 13.8. The quantitative estimate of drug-likeness (QED) is 0.877. The van der Waals surface area contributed by atoms with E-state index in [1.165, 1.54) is 12.5 Å². The maximum absolute atomic E-state index is 13.8. The SMILES string of the molecule is NCC1(c2ccc(F)c3c2OCCCO3)CCC1. The minimum Gasteiger partial charge on any atom is -0.489 e. The lowest BCUT2D eigenvalue weighted by Crippen LogP contribution is -2.41. The summed E-state index contributed by atoms with van der Waals surface area (Å²) in [6, 6.07) is 3.29. The molecule has 0 saturated heterocycles. The van der Waals surface area contributed by atoms with Gasteiger partial charge in [0.15, 0.2) is 17.3 Å². The molecule has 18 heavy (non-hydrogen) atoms. The number of ether oxygens (including phenoxy) is 2. The zero-order valence-electron chi connectivity index (χ0n) is 10.4. The predicted molar refractivity (Wildman–Crippen MR) is 66.6 cm³/mol. The van der Waals surface area contributed by atoms with E-state index in [-0.39, 0.29) is 17.0 Å². The van der Waals surface area contributed by atoms with Gasteiger partial charge in [-0.2, -0.15) is 0 Å². The third kappa shape index (κ3) is 1.67. The third-order valence-corrected chi connectivity index (χ3v) is 4.12. The first-order valence-corrected chi connectivity index (χ1v) is 6.55. The van der Waals surface area contributed by atoms with Crippen LogP contribution in [-0.4, -0.2) is 19.8 Å². The predicted octanol–water partition coefficient (Wildman–Crippen LogP) is 2.37. The summed E-state index contributed by atoms with van der Waals surface area (Å²) in [5.74, 6) is 0.504. The normalized spacial score (nSPS) is 21.0. The van der Waals surface area contributed by atoms with Gasteiger partial charge in [-0.1, -0.05) is 12.5 Å². The number of fused-ring (bicyclic) bond motifs is 1. The van der Waals surface area contributed by atoms with Crippen molar-refractivity contribution in [3.8, 4) is 11.5 Å². The number of hydrogen-bond acceptors (Lipinski definition) is 3. The number of hydrogen-bond donors (Lipinski definition) is 1. The van der Waals surface area contributed by atoms with Crippen LogP contribution in [0, 0.1) is 5.82 Å². The highest BCUT2D eigenvalue weighted by molar-refractivity contribution is 5.52. The van der Waals surface area contributed by atoms with E-state index in [4.69, 9.17) is 15.2 Å². The van der Waals surface area contributed by atoms with Gasteiger partial charge in [-0.15, -0.1) is 0 Å². The fourth-order valence-electron chi connectivity index (χ4n) is 2.83. The van der Waals surface area contributed by atoms with Gasteiger partial charge in [-0.3, -0.25) is 0 Å². The summed E-state index contributed by atoms with van der Waals surface area (Å²) >= 11 is 0. The zero-order valence-corrected chi connectivity index (χ0v) is 10.4. The maximum Gasteiger partial charge on any atom is 0.197 e. The summed E-state index contributed by atoms with van der Waals surface area (Å²) < 4.78 is 25.0. The van der Waals surface area contributed by atoms with Crippen LogP contribution in [0.4, 0.5) is 4.39 Å². The van der Waals surface area contributed by atoms with Crippen molar-refractivity contribution < 1.29 is 13.9 Å². The number of benzene rings is 1. The summed E-state index contributed by atoms with van der Waals surface area (Å²) in [6.45, 7) is 1.65. The smallest absolute Gasteiger partial charge is 0.197 e. The largest absolute Gasteiger partial charge is 0.489 e. The number of rotatable bonds is 2. The molecule has 1 aliphatic heterocycles. The van der Waals surface area contributed by atoms with Crippen molar-refractivity contribution >= 4 is 0 Å². The van der Waals surface area contributed by atoms with Gasteiger partial charge in [0.25, 0.3) is 0 Å². The van der Waals surface area contributed by atoms with E-state index in [0.29, 0.717) is 25.5 Å². The molecule has 1 aromatic rings. The van der Waals surface area contributed by atoms with Crippen LogP contribution in [-0.2, 0) is 5.41 Å². The third-order valence-electron chi connectivity index (χ3n) is 4.12. The van der Waals surface area contributed by atoms with E-state index in [0.717, 1.165) is 24.8 Å². The highest BCUT2D eigenvalue weighted by Gasteiger charge is 2.41. The Bertz CT molecular complexity index is 452. The van der Waals surface area contributed by atoms with Crippen LogP contribution in [0.2, 0.25) is 0 Å². The monoisotopic (exact) mass is 251 g/mol. The van der Waals surface area contributed by atoms with Crippen molar-refractivity contribution in [3.05, 3.63) is 23.5 Å². The molecule has 0 atom stereocenters. The van der Waals surface area contributed by atoms with Crippen molar-refractivity contribution in [2.24, 2.45) is 5.73 Å². The Kier molecular flexibility index (Phi) is 2.90. The molecule has 1 saturated carbocycles. The standard InChI is InChI=1S/C14H18FNO2/c15-11-4-3-10(14(9-16)5-1-6-14)12-13(11)18-8-2-7-17-12/h3-4H,1-2,5-9,16H2. The minimum atomic E-state index is -0.345. The second-order valence-corrected chi connectivity index (χ2v) is 5.14. The molecule has 2 N–H and O–H groups in total. The Balaban J connectivity index is 2.10. The molecule has 4 heteroatoms. The number of nitrogens with two attached hydrogens (primary N) is 1. The molecule has 0 aromatic heterocycles. The van der Waals surface area contributed by atoms with Crippen LogP contribution in [0.25, 0.3) is 0 Å². The molecule has 0 radical (unpaired) electrons. The molecule has 0 unspecified atom stereocenters. The van der Waals surface area contributed by atoms with E-state index in [9.17, 15) is 4.39 Å². The van der Waals surface area contributed by atoms with E-state index in [1.54, 1.807) is 0 Å². The highest BCUT2D eigenvalue weighted by atomic mass is 19.1. The van der Waals surface area contributed by atoms with Crippen molar-refractivity contribution in [2.75, 3.05) is 19.8 Å². The van der Waals surface area contributed by atoms with Crippen molar-refractivity contribution in [1.29, 1.82) is 0 Å². The average molecular weight is 251 g/mol. The molecule has 0 bridgehead atoms. The molecule has 3 nitrogen and oxygen atoms in total. The van der Waals surface area contributed by atoms with Gasteiger partial charge >= 0.3 is 0 Å². The molecule has 98 valence electrons. The highest BCUT2D eigenvalue weighted by Crippen LogP contribution is 2.50. The topological polar surface area (TPSA) is 44.5 Å². The fraction of sp³-hybridized carbons (Fsp3) is 0.571. The summed E-state index contributed by atoms with van der Waals surface area (Å²) in [5, 5.41) is 0. The second kappa shape index (κ2) is 4.43. The summed E-state index contributed by atoms with van der Waals surface area (Å²) in [4.78, 5) is 0. The zero-order chi connectivity index (χ0) is 12.6. The van der Waals surface area contributed by atoms with Crippen LogP contribution < -0.4 is 15.2 Å². The Labute approximate surface area is 106 Å². The Morgan fingerprint density at radius 3 is 2.44 bits per heavy atom. The molecular weight excluding hydrogens is 233 g/mol. The first kappa shape index (κ1) is 11.8. The molecule has 2 aliphatic rings. The Hall–Kier alpha value is -1.29. The molecule has 0 amide bonds.